The van der Waals surface area contributed by atoms with Gasteiger partial charge in [-0.2, -0.15) is 0 Å². The summed E-state index contributed by atoms with van der Waals surface area (Å²) in [7, 11) is 0. The van der Waals surface area contributed by atoms with Gasteiger partial charge in [0.2, 0.25) is 0 Å². The molecule has 5 rings (SSSR count). The zero-order valence-electron chi connectivity index (χ0n) is 12.1. The summed E-state index contributed by atoms with van der Waals surface area (Å²) in [6, 6.07) is 20.4. The maximum Gasteiger partial charge on any atom is 0.126 e. The Balaban J connectivity index is 1.73. The van der Waals surface area contributed by atoms with Crippen LogP contribution in [-0.4, -0.2) is 15.0 Å². The largest absolute Gasteiger partial charge is 0.255 e. The molecule has 0 unspecified atom stereocenters. The summed E-state index contributed by atoms with van der Waals surface area (Å²) in [4.78, 5) is 15.0. The summed E-state index contributed by atoms with van der Waals surface area (Å²) >= 11 is 1.67. The Bertz CT molecular complexity index is 1180. The van der Waals surface area contributed by atoms with Crippen molar-refractivity contribution in [1.29, 1.82) is 0 Å². The summed E-state index contributed by atoms with van der Waals surface area (Å²) in [5.74, 6) is 0. The molecule has 23 heavy (non-hydrogen) atoms. The van der Waals surface area contributed by atoms with Gasteiger partial charge in [0, 0.05) is 17.0 Å². The highest BCUT2D eigenvalue weighted by Gasteiger charge is 2.09. The molecule has 4 heterocycles. The summed E-state index contributed by atoms with van der Waals surface area (Å²) in [5.41, 5.74) is 3.81. The van der Waals surface area contributed by atoms with Gasteiger partial charge in [0.1, 0.15) is 4.83 Å². The Morgan fingerprint density at radius 1 is 0.739 bits per heavy atom. The van der Waals surface area contributed by atoms with E-state index in [4.69, 9.17) is 9.97 Å². The third kappa shape index (κ3) is 1.99. The van der Waals surface area contributed by atoms with Crippen LogP contribution in [0.25, 0.3) is 42.7 Å². The number of para-hydroxylation sites is 1. The molecule has 0 aliphatic rings. The standard InChI is InChI=1S/C19H11N3S/c1-2-5-14-12(4-1)7-9-15(21-14)16-10-8-13-18-17(6-3-11-20-18)23-19(13)22-16/h1-11H. The molecule has 1 aromatic carbocycles. The van der Waals surface area contributed by atoms with Crippen molar-refractivity contribution in [2.75, 3.05) is 0 Å². The van der Waals surface area contributed by atoms with E-state index in [-0.39, 0.29) is 0 Å². The average molecular weight is 313 g/mol. The van der Waals surface area contributed by atoms with Crippen LogP contribution in [0.1, 0.15) is 0 Å². The summed E-state index contributed by atoms with van der Waals surface area (Å²) in [6.45, 7) is 0. The highest BCUT2D eigenvalue weighted by molar-refractivity contribution is 7.25. The van der Waals surface area contributed by atoms with Crippen LogP contribution < -0.4 is 0 Å². The van der Waals surface area contributed by atoms with Gasteiger partial charge in [-0.3, -0.25) is 4.98 Å². The van der Waals surface area contributed by atoms with E-state index in [0.717, 1.165) is 38.0 Å². The van der Waals surface area contributed by atoms with Gasteiger partial charge in [-0.15, -0.1) is 11.3 Å². The van der Waals surface area contributed by atoms with E-state index in [1.807, 2.05) is 42.6 Å². The lowest BCUT2D eigenvalue weighted by atomic mass is 10.1. The van der Waals surface area contributed by atoms with Gasteiger partial charge in [0.15, 0.2) is 0 Å². The van der Waals surface area contributed by atoms with Crippen LogP contribution in [0.3, 0.4) is 0 Å². The Hall–Kier alpha value is -2.85. The maximum atomic E-state index is 4.81. The zero-order chi connectivity index (χ0) is 15.2. The van der Waals surface area contributed by atoms with Crippen LogP contribution >= 0.6 is 11.3 Å². The molecular formula is C19H11N3S. The minimum atomic E-state index is 0.898. The topological polar surface area (TPSA) is 38.7 Å². The first kappa shape index (κ1) is 12.7. The molecular weight excluding hydrogens is 302 g/mol. The van der Waals surface area contributed by atoms with Crippen LogP contribution in [-0.2, 0) is 0 Å². The number of rotatable bonds is 1. The minimum absolute atomic E-state index is 0.898. The monoisotopic (exact) mass is 313 g/mol. The number of aromatic nitrogens is 3. The fourth-order valence-electron chi connectivity index (χ4n) is 2.83. The molecule has 0 saturated heterocycles. The van der Waals surface area contributed by atoms with Gasteiger partial charge in [-0.25, -0.2) is 9.97 Å². The summed E-state index contributed by atoms with van der Waals surface area (Å²) < 4.78 is 1.17. The molecule has 0 spiro atoms. The first-order chi connectivity index (χ1) is 11.4. The molecule has 0 aliphatic carbocycles. The van der Waals surface area contributed by atoms with Crippen molar-refractivity contribution >= 4 is 42.7 Å². The quantitative estimate of drug-likeness (QED) is 0.434. The van der Waals surface area contributed by atoms with Crippen LogP contribution in [0.4, 0.5) is 0 Å². The van der Waals surface area contributed by atoms with Crippen molar-refractivity contribution in [2.24, 2.45) is 0 Å². The smallest absolute Gasteiger partial charge is 0.126 e. The first-order valence-electron chi connectivity index (χ1n) is 7.39. The van der Waals surface area contributed by atoms with E-state index < -0.39 is 0 Å². The van der Waals surface area contributed by atoms with Gasteiger partial charge in [-0.05, 0) is 36.4 Å². The van der Waals surface area contributed by atoms with Crippen LogP contribution in [0.15, 0.2) is 66.9 Å². The lowest BCUT2D eigenvalue weighted by Gasteiger charge is -2.02. The number of hydrogen-bond acceptors (Lipinski definition) is 4. The van der Waals surface area contributed by atoms with E-state index in [1.54, 1.807) is 11.3 Å². The van der Waals surface area contributed by atoms with Gasteiger partial charge in [0.25, 0.3) is 0 Å². The average Bonchev–Trinajstić information content (AvgIpc) is 2.99. The molecule has 0 aliphatic heterocycles. The van der Waals surface area contributed by atoms with E-state index in [2.05, 4.69) is 29.2 Å². The lowest BCUT2D eigenvalue weighted by molar-refractivity contribution is 1.33. The van der Waals surface area contributed by atoms with E-state index in [1.165, 1.54) is 4.70 Å². The molecule has 0 N–H and O–H groups in total. The molecule has 4 aromatic heterocycles. The van der Waals surface area contributed by atoms with Gasteiger partial charge in [-0.1, -0.05) is 24.3 Å². The molecule has 4 heteroatoms. The maximum absolute atomic E-state index is 4.81. The number of benzene rings is 1. The fraction of sp³-hybridized carbons (Fsp3) is 0. The Morgan fingerprint density at radius 2 is 1.61 bits per heavy atom. The number of fused-ring (bicyclic) bond motifs is 4. The van der Waals surface area contributed by atoms with Crippen molar-refractivity contribution in [1.82, 2.24) is 15.0 Å². The molecule has 0 atom stereocenters. The molecule has 3 nitrogen and oxygen atoms in total. The van der Waals surface area contributed by atoms with Crippen molar-refractivity contribution in [3.63, 3.8) is 0 Å². The summed E-state index contributed by atoms with van der Waals surface area (Å²) in [6.07, 6.45) is 1.83. The second kappa shape index (κ2) is 4.83. The van der Waals surface area contributed by atoms with Crippen molar-refractivity contribution in [3.8, 4) is 11.4 Å². The number of thiophene rings is 1. The Labute approximate surface area is 136 Å². The highest BCUT2D eigenvalue weighted by atomic mass is 32.1. The number of nitrogens with zero attached hydrogens (tertiary/aromatic N) is 3. The van der Waals surface area contributed by atoms with Crippen molar-refractivity contribution in [2.45, 2.75) is 0 Å². The molecule has 0 fully saturated rings. The third-order valence-electron chi connectivity index (χ3n) is 3.95. The van der Waals surface area contributed by atoms with E-state index >= 15 is 0 Å². The molecule has 0 radical (unpaired) electrons. The summed E-state index contributed by atoms with van der Waals surface area (Å²) in [5, 5.41) is 2.25. The molecule has 5 aromatic rings. The van der Waals surface area contributed by atoms with Crippen molar-refractivity contribution in [3.05, 3.63) is 66.9 Å². The predicted octanol–water partition coefficient (Wildman–Crippen LogP) is 5.06. The molecule has 0 bridgehead atoms. The van der Waals surface area contributed by atoms with Crippen LogP contribution in [0.5, 0.6) is 0 Å². The van der Waals surface area contributed by atoms with Gasteiger partial charge < -0.3 is 0 Å². The van der Waals surface area contributed by atoms with Crippen LogP contribution in [0, 0.1) is 0 Å². The van der Waals surface area contributed by atoms with Crippen molar-refractivity contribution < 1.29 is 0 Å². The second-order valence-corrected chi connectivity index (χ2v) is 6.42. The third-order valence-corrected chi connectivity index (χ3v) is 5.01. The molecule has 0 amide bonds. The first-order valence-corrected chi connectivity index (χ1v) is 8.21. The van der Waals surface area contributed by atoms with Crippen LogP contribution in [0.2, 0.25) is 0 Å². The number of pyridine rings is 3. The van der Waals surface area contributed by atoms with Gasteiger partial charge >= 0.3 is 0 Å². The van der Waals surface area contributed by atoms with E-state index in [0.29, 0.717) is 0 Å². The molecule has 0 saturated carbocycles. The van der Waals surface area contributed by atoms with Gasteiger partial charge in [0.05, 0.1) is 27.1 Å². The van der Waals surface area contributed by atoms with E-state index in [9.17, 15) is 0 Å². The Kier molecular flexibility index (Phi) is 2.66. The fourth-order valence-corrected chi connectivity index (χ4v) is 3.86. The Morgan fingerprint density at radius 3 is 2.61 bits per heavy atom. The highest BCUT2D eigenvalue weighted by Crippen LogP contribution is 2.32. The lowest BCUT2D eigenvalue weighted by Crippen LogP contribution is -1.88. The molecule has 108 valence electrons. The second-order valence-electron chi connectivity index (χ2n) is 5.39. The predicted molar refractivity (Wildman–Crippen MR) is 95.7 cm³/mol. The number of hydrogen-bond donors (Lipinski definition) is 0. The normalized spacial score (nSPS) is 11.5. The zero-order valence-corrected chi connectivity index (χ0v) is 12.9. The SMILES string of the molecule is c1ccc2nc(-c3ccc4c(n3)sc3cccnc34)ccc2c1. The minimum Gasteiger partial charge on any atom is -0.255 e.